The maximum Gasteiger partial charge on any atom is 0.251 e. The zero-order valence-electron chi connectivity index (χ0n) is 18.1. The van der Waals surface area contributed by atoms with Gasteiger partial charge in [-0.3, -0.25) is 9.89 Å². The van der Waals surface area contributed by atoms with Crippen LogP contribution in [0.2, 0.25) is 0 Å². The van der Waals surface area contributed by atoms with Crippen molar-refractivity contribution in [2.24, 2.45) is 0 Å². The summed E-state index contributed by atoms with van der Waals surface area (Å²) < 4.78 is 5.50. The van der Waals surface area contributed by atoms with Crippen molar-refractivity contribution >= 4 is 51.8 Å². The van der Waals surface area contributed by atoms with Gasteiger partial charge in [0.05, 0.1) is 30.1 Å². The summed E-state index contributed by atoms with van der Waals surface area (Å²) in [5.41, 5.74) is 3.50. The number of thioether (sulfide) groups is 1. The monoisotopic (exact) mass is 449 g/mol. The van der Waals surface area contributed by atoms with Crippen LogP contribution in [0.25, 0.3) is 11.0 Å². The minimum Gasteiger partial charge on any atom is -0.495 e. The molecule has 0 unspecified atom stereocenters. The number of amides is 1. The zero-order valence-corrected chi connectivity index (χ0v) is 18.9. The molecule has 32 heavy (non-hydrogen) atoms. The van der Waals surface area contributed by atoms with Crippen LogP contribution in [-0.2, 0) is 0 Å². The number of H-pyrrole nitrogens is 1. The summed E-state index contributed by atoms with van der Waals surface area (Å²) in [4.78, 5) is 22.4. The lowest BCUT2D eigenvalue weighted by molar-refractivity contribution is 0.0962. The number of rotatable bonds is 7. The number of benzene rings is 2. The molecule has 0 saturated heterocycles. The summed E-state index contributed by atoms with van der Waals surface area (Å²) in [6.45, 7) is 1.86. The smallest absolute Gasteiger partial charge is 0.251 e. The number of carbonyl (C=O) groups excluding carboxylic acids is 1. The van der Waals surface area contributed by atoms with Gasteiger partial charge in [0, 0.05) is 17.5 Å². The molecule has 10 heteroatoms. The van der Waals surface area contributed by atoms with Crippen molar-refractivity contribution in [3.05, 3.63) is 53.7 Å². The highest BCUT2D eigenvalue weighted by Crippen LogP contribution is 2.33. The van der Waals surface area contributed by atoms with E-state index in [1.807, 2.05) is 43.5 Å². The van der Waals surface area contributed by atoms with Gasteiger partial charge in [-0.15, -0.1) is 11.8 Å². The van der Waals surface area contributed by atoms with Crippen LogP contribution >= 0.6 is 11.8 Å². The van der Waals surface area contributed by atoms with E-state index in [0.717, 1.165) is 21.5 Å². The van der Waals surface area contributed by atoms with E-state index in [4.69, 9.17) is 4.74 Å². The fourth-order valence-corrected chi connectivity index (χ4v) is 3.87. The van der Waals surface area contributed by atoms with Crippen LogP contribution in [-0.4, -0.2) is 46.5 Å². The highest BCUT2D eigenvalue weighted by Gasteiger charge is 2.16. The zero-order chi connectivity index (χ0) is 22.7. The van der Waals surface area contributed by atoms with E-state index in [2.05, 4.69) is 36.1 Å². The molecule has 0 aliphatic rings. The summed E-state index contributed by atoms with van der Waals surface area (Å²) in [5.74, 6) is 1.30. The maximum atomic E-state index is 12.1. The third-order valence-corrected chi connectivity index (χ3v) is 5.73. The molecular formula is C22H23N7O2S. The van der Waals surface area contributed by atoms with Crippen LogP contribution in [0.3, 0.4) is 0 Å². The van der Waals surface area contributed by atoms with Crippen molar-refractivity contribution in [3.63, 3.8) is 0 Å². The normalized spacial score (nSPS) is 10.8. The molecule has 4 N–H and O–H groups in total. The van der Waals surface area contributed by atoms with E-state index in [-0.39, 0.29) is 5.91 Å². The molecular weight excluding hydrogens is 426 g/mol. The first kappa shape index (κ1) is 21.4. The molecule has 0 saturated carbocycles. The Morgan fingerprint density at radius 2 is 1.94 bits per heavy atom. The number of aromatic nitrogens is 4. The third-order valence-electron chi connectivity index (χ3n) is 4.93. The van der Waals surface area contributed by atoms with Crippen molar-refractivity contribution in [2.75, 3.05) is 31.0 Å². The molecule has 0 aliphatic heterocycles. The number of para-hydroxylation sites is 1. The van der Waals surface area contributed by atoms with Gasteiger partial charge in [-0.2, -0.15) is 15.1 Å². The second-order valence-electron chi connectivity index (χ2n) is 6.92. The Bertz CT molecular complexity index is 1290. The van der Waals surface area contributed by atoms with Crippen molar-refractivity contribution in [2.45, 2.75) is 11.8 Å². The molecule has 2 heterocycles. The number of ether oxygens (including phenoxy) is 1. The number of aromatic amines is 1. The summed E-state index contributed by atoms with van der Waals surface area (Å²) >= 11 is 1.65. The summed E-state index contributed by atoms with van der Waals surface area (Å²) in [6.07, 6.45) is 3.71. The van der Waals surface area contributed by atoms with Crippen LogP contribution in [0.15, 0.2) is 47.5 Å². The van der Waals surface area contributed by atoms with Gasteiger partial charge in [0.1, 0.15) is 11.6 Å². The minimum absolute atomic E-state index is 0.179. The highest BCUT2D eigenvalue weighted by atomic mass is 32.2. The molecule has 2 aromatic heterocycles. The van der Waals surface area contributed by atoms with Gasteiger partial charge in [0.15, 0.2) is 5.65 Å². The minimum atomic E-state index is -0.179. The summed E-state index contributed by atoms with van der Waals surface area (Å²) in [6, 6.07) is 11.5. The Kier molecular flexibility index (Phi) is 6.13. The molecule has 2 aromatic carbocycles. The van der Waals surface area contributed by atoms with Crippen LogP contribution in [0.5, 0.6) is 5.75 Å². The van der Waals surface area contributed by atoms with E-state index >= 15 is 0 Å². The van der Waals surface area contributed by atoms with E-state index in [0.29, 0.717) is 34.4 Å². The second kappa shape index (κ2) is 9.15. The molecule has 0 bridgehead atoms. The van der Waals surface area contributed by atoms with E-state index in [1.165, 1.54) is 0 Å². The van der Waals surface area contributed by atoms with E-state index < -0.39 is 0 Å². The average molecular weight is 450 g/mol. The fourth-order valence-electron chi connectivity index (χ4n) is 3.32. The van der Waals surface area contributed by atoms with Gasteiger partial charge >= 0.3 is 0 Å². The SMILES string of the molecule is CNC(=O)c1cc(OC)c(Nc2nc(Nc3ccccc3SC)c3cn[nH]c3n2)cc1C. The number of nitrogens with one attached hydrogen (secondary N) is 4. The second-order valence-corrected chi connectivity index (χ2v) is 7.77. The predicted octanol–water partition coefficient (Wildman–Crippen LogP) is 4.24. The number of aryl methyl sites for hydroxylation is 1. The summed E-state index contributed by atoms with van der Waals surface area (Å²) in [5, 5.41) is 17.0. The average Bonchev–Trinajstić information content (AvgIpc) is 3.28. The van der Waals surface area contributed by atoms with Crippen molar-refractivity contribution in [1.82, 2.24) is 25.5 Å². The lowest BCUT2D eigenvalue weighted by Gasteiger charge is -2.15. The van der Waals surface area contributed by atoms with E-state index in [1.54, 1.807) is 38.2 Å². The molecule has 0 aliphatic carbocycles. The van der Waals surface area contributed by atoms with Crippen LogP contribution in [0.4, 0.5) is 23.1 Å². The molecule has 0 fully saturated rings. The first-order chi connectivity index (χ1) is 15.5. The van der Waals surface area contributed by atoms with Gasteiger partial charge in [-0.25, -0.2) is 0 Å². The molecule has 4 aromatic rings. The van der Waals surface area contributed by atoms with Gasteiger partial charge in [-0.1, -0.05) is 12.1 Å². The predicted molar refractivity (Wildman–Crippen MR) is 128 cm³/mol. The first-order valence-corrected chi connectivity index (χ1v) is 11.1. The number of nitrogens with zero attached hydrogens (tertiary/aromatic N) is 3. The lowest BCUT2D eigenvalue weighted by atomic mass is 10.1. The number of methoxy groups -OCH3 is 1. The molecule has 164 valence electrons. The molecule has 0 radical (unpaired) electrons. The number of fused-ring (bicyclic) bond motifs is 1. The summed E-state index contributed by atoms with van der Waals surface area (Å²) in [7, 11) is 3.15. The third kappa shape index (κ3) is 4.17. The number of carbonyl (C=O) groups is 1. The Labute approximate surface area is 189 Å². The van der Waals surface area contributed by atoms with Gasteiger partial charge in [-0.05, 0) is 43.0 Å². The Balaban J connectivity index is 1.73. The number of anilines is 4. The fraction of sp³-hybridized carbons (Fsp3) is 0.182. The van der Waals surface area contributed by atoms with Crippen LogP contribution < -0.4 is 20.7 Å². The standard InChI is InChI=1S/C22H23N7O2S/c1-12-9-16(17(31-3)10-13(12)21(30)23-2)26-22-27-19(14-11-24-29-20(14)28-22)25-15-7-5-6-8-18(15)32-4/h5-11H,1-4H3,(H,23,30)(H3,24,25,26,27,28,29). The largest absolute Gasteiger partial charge is 0.495 e. The Hall–Kier alpha value is -3.79. The Morgan fingerprint density at radius 1 is 1.12 bits per heavy atom. The van der Waals surface area contributed by atoms with Crippen LogP contribution in [0.1, 0.15) is 15.9 Å². The first-order valence-electron chi connectivity index (χ1n) is 9.83. The van der Waals surface area contributed by atoms with Crippen molar-refractivity contribution < 1.29 is 9.53 Å². The van der Waals surface area contributed by atoms with Crippen molar-refractivity contribution in [3.8, 4) is 5.75 Å². The number of hydrogen-bond acceptors (Lipinski definition) is 8. The molecule has 0 atom stereocenters. The highest BCUT2D eigenvalue weighted by molar-refractivity contribution is 7.98. The van der Waals surface area contributed by atoms with Gasteiger partial charge < -0.3 is 20.7 Å². The topological polar surface area (TPSA) is 117 Å². The molecule has 9 nitrogen and oxygen atoms in total. The quantitative estimate of drug-likeness (QED) is 0.310. The lowest BCUT2D eigenvalue weighted by Crippen LogP contribution is -2.19. The van der Waals surface area contributed by atoms with Crippen LogP contribution in [0, 0.1) is 6.92 Å². The number of hydrogen-bond donors (Lipinski definition) is 4. The molecule has 4 rings (SSSR count). The van der Waals surface area contributed by atoms with Gasteiger partial charge in [0.25, 0.3) is 5.91 Å². The molecule has 1 amide bonds. The molecule has 0 spiro atoms. The maximum absolute atomic E-state index is 12.1. The van der Waals surface area contributed by atoms with Gasteiger partial charge in [0.2, 0.25) is 5.95 Å². The van der Waals surface area contributed by atoms with Crippen molar-refractivity contribution in [1.29, 1.82) is 0 Å². The Morgan fingerprint density at radius 3 is 2.69 bits per heavy atom. The van der Waals surface area contributed by atoms with E-state index in [9.17, 15) is 4.79 Å².